The van der Waals surface area contributed by atoms with Crippen molar-refractivity contribution in [1.29, 1.82) is 0 Å². The molecule has 0 amide bonds. The van der Waals surface area contributed by atoms with Gasteiger partial charge in [-0.15, -0.1) is 0 Å². The highest BCUT2D eigenvalue weighted by molar-refractivity contribution is 5.08. The third-order valence-corrected chi connectivity index (χ3v) is 0.973. The van der Waals surface area contributed by atoms with E-state index in [1.807, 2.05) is 19.1 Å². The van der Waals surface area contributed by atoms with Gasteiger partial charge in [0.2, 0.25) is 0 Å². The Morgan fingerprint density at radius 3 is 2.45 bits per heavy atom. The van der Waals surface area contributed by atoms with Crippen molar-refractivity contribution in [1.82, 2.24) is 0 Å². The number of rotatable bonds is 4. The summed E-state index contributed by atoms with van der Waals surface area (Å²) in [6.07, 6.45) is 7.12. The molecule has 0 aromatic carbocycles. The van der Waals surface area contributed by atoms with Crippen molar-refractivity contribution >= 4 is 0 Å². The molecule has 0 aromatic rings. The first-order valence-corrected chi connectivity index (χ1v) is 3.77. The Labute approximate surface area is 69.1 Å². The van der Waals surface area contributed by atoms with Crippen LogP contribution in [0.15, 0.2) is 36.8 Å². The van der Waals surface area contributed by atoms with Gasteiger partial charge in [0.25, 0.3) is 0 Å². The van der Waals surface area contributed by atoms with Crippen molar-refractivity contribution in [2.24, 2.45) is 5.92 Å². The SMILES string of the molecule is C=C(C)C=CO/C=C/C(C)C. The summed E-state index contributed by atoms with van der Waals surface area (Å²) in [6.45, 7) is 9.82. The summed E-state index contributed by atoms with van der Waals surface area (Å²) in [6, 6.07) is 0. The molecule has 0 aliphatic carbocycles. The molecule has 0 bridgehead atoms. The molecule has 0 aliphatic rings. The van der Waals surface area contributed by atoms with Gasteiger partial charge in [0, 0.05) is 0 Å². The number of hydrogen-bond donors (Lipinski definition) is 0. The lowest BCUT2D eigenvalue weighted by Gasteiger charge is -1.93. The lowest BCUT2D eigenvalue weighted by molar-refractivity contribution is 0.398. The molecule has 62 valence electrons. The Hall–Kier alpha value is -0.980. The largest absolute Gasteiger partial charge is 0.473 e. The first-order chi connectivity index (χ1) is 5.13. The second-order valence-corrected chi connectivity index (χ2v) is 2.86. The van der Waals surface area contributed by atoms with Gasteiger partial charge in [0.05, 0.1) is 12.5 Å². The minimum Gasteiger partial charge on any atom is -0.473 e. The Kier molecular flexibility index (Phi) is 5.26. The van der Waals surface area contributed by atoms with Crippen molar-refractivity contribution < 1.29 is 4.74 Å². The van der Waals surface area contributed by atoms with E-state index >= 15 is 0 Å². The molecule has 0 spiro atoms. The Morgan fingerprint density at radius 1 is 1.36 bits per heavy atom. The first-order valence-electron chi connectivity index (χ1n) is 3.77. The third kappa shape index (κ3) is 9.02. The highest BCUT2D eigenvalue weighted by atomic mass is 16.5. The summed E-state index contributed by atoms with van der Waals surface area (Å²) in [4.78, 5) is 0. The monoisotopic (exact) mass is 152 g/mol. The summed E-state index contributed by atoms with van der Waals surface area (Å²) in [5, 5.41) is 0. The highest BCUT2D eigenvalue weighted by Crippen LogP contribution is 1.95. The second-order valence-electron chi connectivity index (χ2n) is 2.86. The molecule has 0 aliphatic heterocycles. The Bertz CT molecular complexity index is 164. The maximum Gasteiger partial charge on any atom is 0.0903 e. The van der Waals surface area contributed by atoms with E-state index in [1.165, 1.54) is 0 Å². The van der Waals surface area contributed by atoms with Crippen LogP contribution in [0.25, 0.3) is 0 Å². The summed E-state index contributed by atoms with van der Waals surface area (Å²) in [5.41, 5.74) is 0.989. The van der Waals surface area contributed by atoms with Crippen LogP contribution in [0.5, 0.6) is 0 Å². The molecule has 0 aromatic heterocycles. The Morgan fingerprint density at radius 2 is 2.00 bits per heavy atom. The van der Waals surface area contributed by atoms with E-state index in [4.69, 9.17) is 4.74 Å². The van der Waals surface area contributed by atoms with Crippen molar-refractivity contribution in [3.05, 3.63) is 36.8 Å². The van der Waals surface area contributed by atoms with Crippen molar-refractivity contribution in [3.8, 4) is 0 Å². The van der Waals surface area contributed by atoms with E-state index in [0.717, 1.165) is 5.57 Å². The van der Waals surface area contributed by atoms with Crippen LogP contribution in [0.4, 0.5) is 0 Å². The first kappa shape index (κ1) is 10.0. The third-order valence-electron chi connectivity index (χ3n) is 0.973. The van der Waals surface area contributed by atoms with E-state index in [-0.39, 0.29) is 0 Å². The molecule has 0 heterocycles. The van der Waals surface area contributed by atoms with E-state index in [1.54, 1.807) is 12.5 Å². The van der Waals surface area contributed by atoms with Crippen LogP contribution in [0.3, 0.4) is 0 Å². The van der Waals surface area contributed by atoms with E-state index in [9.17, 15) is 0 Å². The summed E-state index contributed by atoms with van der Waals surface area (Å²) < 4.78 is 5.03. The van der Waals surface area contributed by atoms with Gasteiger partial charge in [-0.25, -0.2) is 0 Å². The molecule has 0 saturated carbocycles. The summed E-state index contributed by atoms with van der Waals surface area (Å²) in [5.74, 6) is 0.535. The maximum absolute atomic E-state index is 5.03. The molecule has 1 heteroatoms. The van der Waals surface area contributed by atoms with Crippen LogP contribution in [0, 0.1) is 5.92 Å². The van der Waals surface area contributed by atoms with Gasteiger partial charge >= 0.3 is 0 Å². The smallest absolute Gasteiger partial charge is 0.0903 e. The van der Waals surface area contributed by atoms with Crippen molar-refractivity contribution in [3.63, 3.8) is 0 Å². The fourth-order valence-electron chi connectivity index (χ4n) is 0.403. The van der Waals surface area contributed by atoms with Crippen LogP contribution in [0.1, 0.15) is 20.8 Å². The zero-order chi connectivity index (χ0) is 8.69. The molecular formula is C10H16O. The van der Waals surface area contributed by atoms with E-state index in [2.05, 4.69) is 20.4 Å². The predicted molar refractivity (Wildman–Crippen MR) is 49.0 cm³/mol. The lowest BCUT2D eigenvalue weighted by atomic mass is 10.2. The van der Waals surface area contributed by atoms with Gasteiger partial charge in [0.1, 0.15) is 0 Å². The Balaban J connectivity index is 3.48. The van der Waals surface area contributed by atoms with Crippen LogP contribution in [0.2, 0.25) is 0 Å². The molecule has 0 saturated heterocycles. The quantitative estimate of drug-likeness (QED) is 0.444. The van der Waals surface area contributed by atoms with Crippen molar-refractivity contribution in [2.75, 3.05) is 0 Å². The van der Waals surface area contributed by atoms with Gasteiger partial charge in [-0.05, 0) is 25.0 Å². The standard InChI is InChI=1S/C10H16O/c1-9(2)5-7-11-8-6-10(3)4/h5-8,10H,1H2,2-4H3/b7-5?,8-6+. The molecule has 1 nitrogen and oxygen atoms in total. The molecule has 0 rings (SSSR count). The maximum atomic E-state index is 5.03. The summed E-state index contributed by atoms with van der Waals surface area (Å²) in [7, 11) is 0. The molecular weight excluding hydrogens is 136 g/mol. The second kappa shape index (κ2) is 5.78. The van der Waals surface area contributed by atoms with E-state index in [0.29, 0.717) is 5.92 Å². The van der Waals surface area contributed by atoms with Gasteiger partial charge < -0.3 is 4.74 Å². The molecule has 0 N–H and O–H groups in total. The molecule has 0 atom stereocenters. The highest BCUT2D eigenvalue weighted by Gasteiger charge is 1.80. The molecule has 11 heavy (non-hydrogen) atoms. The number of hydrogen-bond acceptors (Lipinski definition) is 1. The fourth-order valence-corrected chi connectivity index (χ4v) is 0.403. The van der Waals surface area contributed by atoms with Crippen LogP contribution < -0.4 is 0 Å². The fraction of sp³-hybridized carbons (Fsp3) is 0.400. The average molecular weight is 152 g/mol. The van der Waals surface area contributed by atoms with E-state index < -0.39 is 0 Å². The van der Waals surface area contributed by atoms with Crippen LogP contribution >= 0.6 is 0 Å². The molecule has 0 unspecified atom stereocenters. The van der Waals surface area contributed by atoms with Gasteiger partial charge in [-0.1, -0.05) is 26.0 Å². The van der Waals surface area contributed by atoms with Gasteiger partial charge in [-0.2, -0.15) is 0 Å². The number of ether oxygens (including phenoxy) is 1. The van der Waals surface area contributed by atoms with Gasteiger partial charge in [-0.3, -0.25) is 0 Å². The zero-order valence-electron chi connectivity index (χ0n) is 7.50. The van der Waals surface area contributed by atoms with Gasteiger partial charge in [0.15, 0.2) is 0 Å². The van der Waals surface area contributed by atoms with Crippen LogP contribution in [-0.4, -0.2) is 0 Å². The van der Waals surface area contributed by atoms with Crippen LogP contribution in [-0.2, 0) is 4.74 Å². The normalized spacial score (nSPS) is 11.6. The average Bonchev–Trinajstić information content (AvgIpc) is 1.85. The number of allylic oxidation sites excluding steroid dienone is 3. The zero-order valence-corrected chi connectivity index (χ0v) is 7.50. The molecule has 0 fully saturated rings. The lowest BCUT2D eigenvalue weighted by Crippen LogP contribution is -1.77. The molecule has 0 radical (unpaired) electrons. The van der Waals surface area contributed by atoms with Crippen molar-refractivity contribution in [2.45, 2.75) is 20.8 Å². The minimum absolute atomic E-state index is 0.535. The predicted octanol–water partition coefficient (Wildman–Crippen LogP) is 3.26. The topological polar surface area (TPSA) is 9.23 Å². The summed E-state index contributed by atoms with van der Waals surface area (Å²) >= 11 is 0. The minimum atomic E-state index is 0.535.